The Kier molecular flexibility index (Phi) is 5.99. The monoisotopic (exact) mass is 319 g/mol. The highest BCUT2D eigenvalue weighted by atomic mass is 16.6. The van der Waals surface area contributed by atoms with Crippen molar-refractivity contribution in [2.75, 3.05) is 13.1 Å². The summed E-state index contributed by atoms with van der Waals surface area (Å²) in [5, 5.41) is 3.41. The van der Waals surface area contributed by atoms with E-state index < -0.39 is 5.60 Å². The van der Waals surface area contributed by atoms with Crippen LogP contribution < -0.4 is 5.32 Å². The molecule has 1 aliphatic rings. The van der Waals surface area contributed by atoms with Crippen molar-refractivity contribution >= 4 is 6.09 Å². The highest BCUT2D eigenvalue weighted by molar-refractivity contribution is 5.68. The van der Waals surface area contributed by atoms with Gasteiger partial charge in [-0.3, -0.25) is 4.98 Å². The number of hydrogen-bond acceptors (Lipinski definition) is 4. The zero-order valence-electron chi connectivity index (χ0n) is 14.8. The van der Waals surface area contributed by atoms with Crippen LogP contribution in [0.15, 0.2) is 18.3 Å². The minimum atomic E-state index is -0.431. The minimum Gasteiger partial charge on any atom is -0.444 e. The van der Waals surface area contributed by atoms with Crippen LogP contribution in [0, 0.1) is 6.92 Å². The number of aromatic nitrogens is 1. The van der Waals surface area contributed by atoms with E-state index in [1.165, 1.54) is 5.56 Å². The lowest BCUT2D eigenvalue weighted by Gasteiger charge is -2.28. The minimum absolute atomic E-state index is 0.180. The van der Waals surface area contributed by atoms with Gasteiger partial charge in [0.1, 0.15) is 5.60 Å². The molecule has 0 aromatic carbocycles. The highest BCUT2D eigenvalue weighted by Gasteiger charge is 2.31. The van der Waals surface area contributed by atoms with Crippen molar-refractivity contribution < 1.29 is 9.53 Å². The number of amides is 1. The SMILES string of the molecule is Cc1ccc(CNCCC2CCCN2C(=O)OC(C)(C)C)nc1. The molecule has 5 heteroatoms. The number of rotatable bonds is 5. The van der Waals surface area contributed by atoms with Gasteiger partial charge in [-0.25, -0.2) is 4.79 Å². The zero-order valence-corrected chi connectivity index (χ0v) is 14.8. The van der Waals surface area contributed by atoms with E-state index in [0.717, 1.165) is 44.6 Å². The van der Waals surface area contributed by atoms with Crippen molar-refractivity contribution in [3.05, 3.63) is 29.6 Å². The number of ether oxygens (including phenoxy) is 1. The topological polar surface area (TPSA) is 54.5 Å². The lowest BCUT2D eigenvalue weighted by molar-refractivity contribution is 0.0220. The van der Waals surface area contributed by atoms with E-state index in [4.69, 9.17) is 4.74 Å². The molecule has 1 aliphatic heterocycles. The first kappa shape index (κ1) is 17.7. The molecule has 0 bridgehead atoms. The van der Waals surface area contributed by atoms with E-state index in [2.05, 4.69) is 16.4 Å². The largest absolute Gasteiger partial charge is 0.444 e. The molecule has 128 valence electrons. The van der Waals surface area contributed by atoms with Crippen LogP contribution in [0.2, 0.25) is 0 Å². The first-order valence-electron chi connectivity index (χ1n) is 8.47. The second-order valence-electron chi connectivity index (χ2n) is 7.26. The maximum Gasteiger partial charge on any atom is 0.410 e. The number of aryl methyl sites for hydroxylation is 1. The number of hydrogen-bond donors (Lipinski definition) is 1. The maximum absolute atomic E-state index is 12.2. The van der Waals surface area contributed by atoms with Crippen LogP contribution in [0.4, 0.5) is 4.79 Å². The third-order valence-corrected chi connectivity index (χ3v) is 3.94. The van der Waals surface area contributed by atoms with E-state index >= 15 is 0 Å². The summed E-state index contributed by atoms with van der Waals surface area (Å²) in [6, 6.07) is 4.40. The normalized spacial score (nSPS) is 18.3. The number of nitrogens with zero attached hydrogens (tertiary/aromatic N) is 2. The van der Waals surface area contributed by atoms with Gasteiger partial charge in [-0.1, -0.05) is 6.07 Å². The standard InChI is InChI=1S/C18H29N3O2/c1-14-7-8-15(20-12-14)13-19-10-9-16-6-5-11-21(16)17(22)23-18(2,3)4/h7-8,12,16,19H,5-6,9-11,13H2,1-4H3. The van der Waals surface area contributed by atoms with Gasteiger partial charge in [-0.2, -0.15) is 0 Å². The molecule has 0 spiro atoms. The van der Waals surface area contributed by atoms with E-state index in [9.17, 15) is 4.79 Å². The molecule has 1 saturated heterocycles. The molecule has 0 radical (unpaired) electrons. The summed E-state index contributed by atoms with van der Waals surface area (Å²) in [6.07, 6.45) is 4.77. The maximum atomic E-state index is 12.2. The van der Waals surface area contributed by atoms with Gasteiger partial charge in [-0.05, 0) is 65.1 Å². The van der Waals surface area contributed by atoms with Crippen LogP contribution in [0.5, 0.6) is 0 Å². The quantitative estimate of drug-likeness (QED) is 0.846. The third-order valence-electron chi connectivity index (χ3n) is 3.94. The molecule has 1 fully saturated rings. The van der Waals surface area contributed by atoms with E-state index in [-0.39, 0.29) is 12.1 Å². The van der Waals surface area contributed by atoms with Gasteiger partial charge in [-0.15, -0.1) is 0 Å². The fraction of sp³-hybridized carbons (Fsp3) is 0.667. The van der Waals surface area contributed by atoms with E-state index in [1.807, 2.05) is 44.9 Å². The van der Waals surface area contributed by atoms with Crippen LogP contribution in [0.3, 0.4) is 0 Å². The van der Waals surface area contributed by atoms with Gasteiger partial charge in [0.15, 0.2) is 0 Å². The molecule has 1 amide bonds. The van der Waals surface area contributed by atoms with Gasteiger partial charge in [0.25, 0.3) is 0 Å². The third kappa shape index (κ3) is 5.82. The van der Waals surface area contributed by atoms with Gasteiger partial charge < -0.3 is 15.0 Å². The second-order valence-corrected chi connectivity index (χ2v) is 7.26. The average molecular weight is 319 g/mol. The Hall–Kier alpha value is -1.62. The second kappa shape index (κ2) is 7.77. The first-order valence-corrected chi connectivity index (χ1v) is 8.47. The Morgan fingerprint density at radius 3 is 2.87 bits per heavy atom. The molecule has 5 nitrogen and oxygen atoms in total. The molecule has 0 saturated carbocycles. The summed E-state index contributed by atoms with van der Waals surface area (Å²) in [7, 11) is 0. The molecule has 1 aromatic heterocycles. The Balaban J connectivity index is 1.73. The number of nitrogens with one attached hydrogen (secondary N) is 1. The van der Waals surface area contributed by atoms with Crippen LogP contribution in [0.25, 0.3) is 0 Å². The Morgan fingerprint density at radius 2 is 2.22 bits per heavy atom. The molecule has 2 rings (SSSR count). The number of carbonyl (C=O) groups is 1. The lowest BCUT2D eigenvalue weighted by Crippen LogP contribution is -2.40. The van der Waals surface area contributed by atoms with Crippen molar-refractivity contribution in [1.29, 1.82) is 0 Å². The summed E-state index contributed by atoms with van der Waals surface area (Å²) in [5.41, 5.74) is 1.79. The summed E-state index contributed by atoms with van der Waals surface area (Å²) < 4.78 is 5.50. The lowest BCUT2D eigenvalue weighted by atomic mass is 10.1. The summed E-state index contributed by atoms with van der Waals surface area (Å²) in [6.45, 7) is 10.2. The van der Waals surface area contributed by atoms with Crippen molar-refractivity contribution in [3.63, 3.8) is 0 Å². The van der Waals surface area contributed by atoms with Crippen LogP contribution in [0.1, 0.15) is 51.3 Å². The Bertz CT molecular complexity index is 508. The number of pyridine rings is 1. The fourth-order valence-electron chi connectivity index (χ4n) is 2.78. The molecule has 1 unspecified atom stereocenters. The van der Waals surface area contributed by atoms with Crippen molar-refractivity contribution in [2.24, 2.45) is 0 Å². The van der Waals surface area contributed by atoms with Crippen molar-refractivity contribution in [3.8, 4) is 0 Å². The van der Waals surface area contributed by atoms with Crippen LogP contribution in [-0.2, 0) is 11.3 Å². The molecular formula is C18H29N3O2. The molecule has 2 heterocycles. The zero-order chi connectivity index (χ0) is 16.9. The first-order chi connectivity index (χ1) is 10.8. The Morgan fingerprint density at radius 1 is 1.43 bits per heavy atom. The van der Waals surface area contributed by atoms with E-state index in [1.54, 1.807) is 0 Å². The predicted molar refractivity (Wildman–Crippen MR) is 91.3 cm³/mol. The molecular weight excluding hydrogens is 290 g/mol. The predicted octanol–water partition coefficient (Wildman–Crippen LogP) is 3.27. The highest BCUT2D eigenvalue weighted by Crippen LogP contribution is 2.22. The average Bonchev–Trinajstić information content (AvgIpc) is 2.92. The molecule has 1 N–H and O–H groups in total. The fourth-order valence-corrected chi connectivity index (χ4v) is 2.78. The molecule has 0 aliphatic carbocycles. The molecule has 1 aromatic rings. The smallest absolute Gasteiger partial charge is 0.410 e. The van der Waals surface area contributed by atoms with Crippen molar-refractivity contribution in [2.45, 2.75) is 65.1 Å². The van der Waals surface area contributed by atoms with Gasteiger partial charge in [0.05, 0.1) is 5.69 Å². The number of carbonyl (C=O) groups excluding carboxylic acids is 1. The van der Waals surface area contributed by atoms with Crippen LogP contribution in [-0.4, -0.2) is 40.7 Å². The van der Waals surface area contributed by atoms with Crippen LogP contribution >= 0.6 is 0 Å². The Labute approximate surface area is 139 Å². The van der Waals surface area contributed by atoms with Gasteiger partial charge in [0.2, 0.25) is 0 Å². The van der Waals surface area contributed by atoms with Gasteiger partial charge >= 0.3 is 6.09 Å². The van der Waals surface area contributed by atoms with E-state index in [0.29, 0.717) is 0 Å². The molecule has 23 heavy (non-hydrogen) atoms. The molecule has 1 atom stereocenters. The summed E-state index contributed by atoms with van der Waals surface area (Å²) in [5.74, 6) is 0. The summed E-state index contributed by atoms with van der Waals surface area (Å²) >= 11 is 0. The number of likely N-dealkylation sites (tertiary alicyclic amines) is 1. The van der Waals surface area contributed by atoms with Crippen molar-refractivity contribution in [1.82, 2.24) is 15.2 Å². The summed E-state index contributed by atoms with van der Waals surface area (Å²) in [4.78, 5) is 18.5. The van der Waals surface area contributed by atoms with Gasteiger partial charge in [0, 0.05) is 25.3 Å².